The number of rotatable bonds is 5. The van der Waals surface area contributed by atoms with E-state index in [-0.39, 0.29) is 22.5 Å². The third-order valence-corrected chi connectivity index (χ3v) is 6.73. The predicted octanol–water partition coefficient (Wildman–Crippen LogP) is 2.16. The highest BCUT2D eigenvalue weighted by molar-refractivity contribution is 5.45. The molecular formula is C24H31BrN2. The summed E-state index contributed by atoms with van der Waals surface area (Å²) in [5.74, 6) is 0.736. The van der Waals surface area contributed by atoms with Crippen LogP contribution in [0.5, 0.6) is 0 Å². The van der Waals surface area contributed by atoms with E-state index >= 15 is 0 Å². The molecule has 0 radical (unpaired) electrons. The molecule has 0 aliphatic carbocycles. The van der Waals surface area contributed by atoms with E-state index in [2.05, 4.69) is 58.2 Å². The molecule has 144 valence electrons. The predicted molar refractivity (Wildman–Crippen MR) is 108 cm³/mol. The van der Waals surface area contributed by atoms with Crippen LogP contribution < -0.4 is 17.0 Å². The summed E-state index contributed by atoms with van der Waals surface area (Å²) in [6.45, 7) is 9.33. The fraction of sp³-hybridized carbons (Fsp3) is 0.458. The number of nitriles is 1. The summed E-state index contributed by atoms with van der Waals surface area (Å²) in [7, 11) is 2.38. The minimum Gasteiger partial charge on any atom is -1.00 e. The molecule has 2 unspecified atom stereocenters. The van der Waals surface area contributed by atoms with Crippen molar-refractivity contribution in [3.63, 3.8) is 0 Å². The lowest BCUT2D eigenvalue weighted by atomic mass is 9.73. The van der Waals surface area contributed by atoms with Gasteiger partial charge in [-0.2, -0.15) is 5.26 Å². The monoisotopic (exact) mass is 426 g/mol. The second-order valence-corrected chi connectivity index (χ2v) is 8.92. The van der Waals surface area contributed by atoms with Crippen LogP contribution in [0.25, 0.3) is 0 Å². The third-order valence-electron chi connectivity index (χ3n) is 6.73. The minimum absolute atomic E-state index is 0. The average Bonchev–Trinajstić information content (AvgIpc) is 2.84. The Morgan fingerprint density at radius 3 is 1.89 bits per heavy atom. The standard InChI is InChI=1S/C24H31N2.BrH/c1-20-17-23(2,3)26(4,18-20)16-15-24(19-25,21-11-7-5-8-12-21)22-13-9-6-10-14-22;/h5-14,20H,15-18H2,1-4H3;1H/q+1;/p-1. The number of hydrogen-bond donors (Lipinski definition) is 0. The lowest BCUT2D eigenvalue weighted by Crippen LogP contribution is -3.00. The van der Waals surface area contributed by atoms with Crippen LogP contribution in [0.1, 0.15) is 44.7 Å². The molecule has 2 aromatic rings. The van der Waals surface area contributed by atoms with E-state index in [1.165, 1.54) is 13.0 Å². The second kappa shape index (κ2) is 8.17. The number of quaternary nitrogens is 1. The maximum atomic E-state index is 10.4. The van der Waals surface area contributed by atoms with Crippen LogP contribution in [0, 0.1) is 17.2 Å². The lowest BCUT2D eigenvalue weighted by Gasteiger charge is -2.44. The van der Waals surface area contributed by atoms with Crippen LogP contribution in [0.4, 0.5) is 0 Å². The molecule has 1 aliphatic rings. The zero-order valence-electron chi connectivity index (χ0n) is 17.0. The molecule has 0 saturated carbocycles. The van der Waals surface area contributed by atoms with Crippen LogP contribution in [-0.4, -0.2) is 30.2 Å². The number of benzene rings is 2. The number of likely N-dealkylation sites (tertiary alicyclic amines) is 1. The Bertz CT molecular complexity index is 740. The molecule has 2 aromatic carbocycles. The van der Waals surface area contributed by atoms with Crippen LogP contribution in [-0.2, 0) is 5.41 Å². The van der Waals surface area contributed by atoms with Gasteiger partial charge in [-0.1, -0.05) is 67.6 Å². The molecule has 27 heavy (non-hydrogen) atoms. The first-order chi connectivity index (χ1) is 12.3. The van der Waals surface area contributed by atoms with Gasteiger partial charge in [0.05, 0.1) is 31.7 Å². The van der Waals surface area contributed by atoms with Gasteiger partial charge in [0.15, 0.2) is 0 Å². The Labute approximate surface area is 175 Å². The van der Waals surface area contributed by atoms with Gasteiger partial charge < -0.3 is 21.5 Å². The van der Waals surface area contributed by atoms with E-state index in [0.717, 1.165) is 34.5 Å². The summed E-state index contributed by atoms with van der Waals surface area (Å²) in [5.41, 5.74) is 1.87. The Balaban J connectivity index is 0.00000261. The van der Waals surface area contributed by atoms with Crippen molar-refractivity contribution in [1.29, 1.82) is 5.26 Å². The van der Waals surface area contributed by atoms with Gasteiger partial charge in [0.25, 0.3) is 0 Å². The summed E-state index contributed by atoms with van der Waals surface area (Å²) in [6.07, 6.45) is 2.09. The Hall–Kier alpha value is -1.63. The highest BCUT2D eigenvalue weighted by atomic mass is 79.9. The highest BCUT2D eigenvalue weighted by Gasteiger charge is 2.49. The minimum atomic E-state index is -0.592. The van der Waals surface area contributed by atoms with E-state index in [9.17, 15) is 5.26 Å². The van der Waals surface area contributed by atoms with Crippen LogP contribution in [0.3, 0.4) is 0 Å². The third kappa shape index (κ3) is 3.98. The molecule has 1 fully saturated rings. The van der Waals surface area contributed by atoms with Gasteiger partial charge in [-0.15, -0.1) is 0 Å². The van der Waals surface area contributed by atoms with Gasteiger partial charge in [-0.05, 0) is 25.0 Å². The summed E-state index contributed by atoms with van der Waals surface area (Å²) < 4.78 is 1.04. The topological polar surface area (TPSA) is 23.8 Å². The first kappa shape index (κ1) is 21.7. The average molecular weight is 427 g/mol. The maximum Gasteiger partial charge on any atom is 0.112 e. The van der Waals surface area contributed by atoms with Crippen molar-refractivity contribution in [3.8, 4) is 6.07 Å². The molecule has 0 bridgehead atoms. The zero-order valence-corrected chi connectivity index (χ0v) is 18.5. The van der Waals surface area contributed by atoms with E-state index in [0.29, 0.717) is 0 Å². The van der Waals surface area contributed by atoms with Crippen LogP contribution in [0.2, 0.25) is 0 Å². The fourth-order valence-electron chi connectivity index (χ4n) is 4.97. The van der Waals surface area contributed by atoms with Crippen molar-refractivity contribution < 1.29 is 21.5 Å². The Morgan fingerprint density at radius 1 is 1.04 bits per heavy atom. The van der Waals surface area contributed by atoms with Crippen molar-refractivity contribution in [2.45, 2.75) is 44.6 Å². The largest absolute Gasteiger partial charge is 1.00 e. The van der Waals surface area contributed by atoms with Crippen LogP contribution >= 0.6 is 0 Å². The number of nitrogens with zero attached hydrogens (tertiary/aromatic N) is 2. The summed E-state index contributed by atoms with van der Waals surface area (Å²) >= 11 is 0. The molecule has 0 spiro atoms. The number of hydrogen-bond acceptors (Lipinski definition) is 1. The molecule has 2 nitrogen and oxygen atoms in total. The summed E-state index contributed by atoms with van der Waals surface area (Å²) in [4.78, 5) is 0. The van der Waals surface area contributed by atoms with Crippen molar-refractivity contribution in [2.24, 2.45) is 5.92 Å². The van der Waals surface area contributed by atoms with Gasteiger partial charge in [-0.25, -0.2) is 0 Å². The van der Waals surface area contributed by atoms with Gasteiger partial charge in [0.1, 0.15) is 5.41 Å². The number of halogens is 1. The second-order valence-electron chi connectivity index (χ2n) is 8.92. The molecule has 3 rings (SSSR count). The van der Waals surface area contributed by atoms with Crippen molar-refractivity contribution >= 4 is 0 Å². The van der Waals surface area contributed by atoms with Gasteiger partial charge in [0, 0.05) is 18.8 Å². The first-order valence-electron chi connectivity index (χ1n) is 9.70. The first-order valence-corrected chi connectivity index (χ1v) is 9.70. The molecule has 2 atom stereocenters. The molecular weight excluding hydrogens is 396 g/mol. The quantitative estimate of drug-likeness (QED) is 0.671. The van der Waals surface area contributed by atoms with Gasteiger partial charge in [0.2, 0.25) is 0 Å². The molecule has 0 amide bonds. The van der Waals surface area contributed by atoms with Gasteiger partial charge >= 0.3 is 0 Å². The van der Waals surface area contributed by atoms with Crippen LogP contribution in [0.15, 0.2) is 60.7 Å². The Morgan fingerprint density at radius 2 is 1.52 bits per heavy atom. The van der Waals surface area contributed by atoms with E-state index in [4.69, 9.17) is 0 Å². The SMILES string of the molecule is CC1CC(C)(C)[N+](C)(CCC(C#N)(c2ccccc2)c2ccccc2)C1.[Br-]. The van der Waals surface area contributed by atoms with Crippen molar-refractivity contribution in [3.05, 3.63) is 71.8 Å². The van der Waals surface area contributed by atoms with E-state index < -0.39 is 5.41 Å². The van der Waals surface area contributed by atoms with Crippen molar-refractivity contribution in [2.75, 3.05) is 20.1 Å². The zero-order chi connectivity index (χ0) is 18.8. The van der Waals surface area contributed by atoms with E-state index in [1.807, 2.05) is 36.4 Å². The van der Waals surface area contributed by atoms with Gasteiger partial charge in [-0.3, -0.25) is 0 Å². The normalized spacial score (nSPS) is 24.0. The molecule has 1 aliphatic heterocycles. The molecule has 1 saturated heterocycles. The highest BCUT2D eigenvalue weighted by Crippen LogP contribution is 2.42. The molecule has 1 heterocycles. The Kier molecular flexibility index (Phi) is 6.55. The lowest BCUT2D eigenvalue weighted by molar-refractivity contribution is -0.944. The molecule has 3 heteroatoms. The van der Waals surface area contributed by atoms with Crippen molar-refractivity contribution in [1.82, 2.24) is 0 Å². The molecule has 0 N–H and O–H groups in total. The fourth-order valence-corrected chi connectivity index (χ4v) is 4.97. The van der Waals surface area contributed by atoms with E-state index in [1.54, 1.807) is 0 Å². The summed E-state index contributed by atoms with van der Waals surface area (Å²) in [5, 5.41) is 10.4. The summed E-state index contributed by atoms with van der Waals surface area (Å²) in [6, 6.07) is 23.4. The maximum absolute atomic E-state index is 10.4. The molecule has 0 aromatic heterocycles. The smallest absolute Gasteiger partial charge is 0.112 e.